The summed E-state index contributed by atoms with van der Waals surface area (Å²) in [6.45, 7) is 6.09. The van der Waals surface area contributed by atoms with Crippen LogP contribution < -0.4 is 19.6 Å². The van der Waals surface area contributed by atoms with Gasteiger partial charge in [0.1, 0.15) is 19.0 Å². The van der Waals surface area contributed by atoms with E-state index >= 15 is 0 Å². The molecule has 0 unspecified atom stereocenters. The summed E-state index contributed by atoms with van der Waals surface area (Å²) in [7, 11) is 0. The highest BCUT2D eigenvalue weighted by Gasteiger charge is 2.12. The summed E-state index contributed by atoms with van der Waals surface area (Å²) in [5.41, 5.74) is 4.99. The molecule has 3 aromatic rings. The van der Waals surface area contributed by atoms with E-state index in [1.54, 1.807) is 36.5 Å². The monoisotopic (exact) mass is 540 g/mol. The van der Waals surface area contributed by atoms with Crippen LogP contribution in [-0.4, -0.2) is 45.2 Å². The molecule has 3 aromatic carbocycles. The number of hydrogen-bond donors (Lipinski definition) is 1. The number of rotatable bonds is 13. The van der Waals surface area contributed by atoms with Crippen molar-refractivity contribution in [3.63, 3.8) is 0 Å². The SMILES string of the molecule is CCOc1cc(/C=N\NC(=O)c2ccccc2)cc(Br)c1OCCOCCOc1ccc(C)cc1. The fourth-order valence-electron chi connectivity index (χ4n) is 3.04. The van der Waals surface area contributed by atoms with E-state index in [2.05, 4.69) is 26.5 Å². The molecule has 3 rings (SSSR count). The lowest BCUT2D eigenvalue weighted by molar-refractivity contribution is 0.0753. The van der Waals surface area contributed by atoms with E-state index in [1.807, 2.05) is 50.2 Å². The van der Waals surface area contributed by atoms with E-state index in [0.717, 1.165) is 11.3 Å². The first-order valence-corrected chi connectivity index (χ1v) is 12.1. The molecule has 0 aromatic heterocycles. The number of halogens is 1. The third kappa shape index (κ3) is 8.73. The summed E-state index contributed by atoms with van der Waals surface area (Å²) in [6, 6.07) is 20.4. The number of hydrogen-bond acceptors (Lipinski definition) is 6. The van der Waals surface area contributed by atoms with Crippen LogP contribution in [0.4, 0.5) is 0 Å². The number of nitrogens with zero attached hydrogens (tertiary/aromatic N) is 1. The predicted molar refractivity (Wildman–Crippen MR) is 140 cm³/mol. The molecule has 184 valence electrons. The van der Waals surface area contributed by atoms with Crippen molar-refractivity contribution < 1.29 is 23.7 Å². The fourth-order valence-corrected chi connectivity index (χ4v) is 3.62. The first kappa shape index (κ1) is 26.2. The quantitative estimate of drug-likeness (QED) is 0.178. The van der Waals surface area contributed by atoms with Gasteiger partial charge in [-0.05, 0) is 71.7 Å². The van der Waals surface area contributed by atoms with Gasteiger partial charge in [-0.2, -0.15) is 5.10 Å². The van der Waals surface area contributed by atoms with E-state index in [9.17, 15) is 4.79 Å². The van der Waals surface area contributed by atoms with Gasteiger partial charge < -0.3 is 18.9 Å². The molecule has 0 heterocycles. The minimum absolute atomic E-state index is 0.282. The zero-order valence-electron chi connectivity index (χ0n) is 19.8. The molecular formula is C27H29BrN2O5. The summed E-state index contributed by atoms with van der Waals surface area (Å²) in [5.74, 6) is 1.69. The van der Waals surface area contributed by atoms with Crippen molar-refractivity contribution in [2.45, 2.75) is 13.8 Å². The normalized spacial score (nSPS) is 10.8. The second-order valence-electron chi connectivity index (χ2n) is 7.45. The van der Waals surface area contributed by atoms with Gasteiger partial charge in [-0.1, -0.05) is 35.9 Å². The summed E-state index contributed by atoms with van der Waals surface area (Å²) < 4.78 is 23.6. The van der Waals surface area contributed by atoms with Crippen molar-refractivity contribution in [3.05, 3.63) is 87.9 Å². The lowest BCUT2D eigenvalue weighted by Crippen LogP contribution is -2.17. The Hall–Kier alpha value is -3.36. The van der Waals surface area contributed by atoms with Gasteiger partial charge in [-0.15, -0.1) is 0 Å². The van der Waals surface area contributed by atoms with Crippen LogP contribution in [0.1, 0.15) is 28.4 Å². The van der Waals surface area contributed by atoms with Crippen LogP contribution in [0.5, 0.6) is 17.2 Å². The van der Waals surface area contributed by atoms with Gasteiger partial charge in [0.2, 0.25) is 0 Å². The summed E-state index contributed by atoms with van der Waals surface area (Å²) in [5, 5.41) is 4.05. The minimum atomic E-state index is -0.282. The maximum Gasteiger partial charge on any atom is 0.271 e. The van der Waals surface area contributed by atoms with Crippen molar-refractivity contribution >= 4 is 28.1 Å². The maximum absolute atomic E-state index is 12.1. The second kappa shape index (κ2) is 14.1. The first-order valence-electron chi connectivity index (χ1n) is 11.3. The highest BCUT2D eigenvalue weighted by Crippen LogP contribution is 2.36. The fraction of sp³-hybridized carbons (Fsp3) is 0.259. The average Bonchev–Trinajstić information content (AvgIpc) is 2.86. The summed E-state index contributed by atoms with van der Waals surface area (Å²) >= 11 is 3.54. The van der Waals surface area contributed by atoms with Crippen molar-refractivity contribution in [1.29, 1.82) is 0 Å². The number of amides is 1. The highest BCUT2D eigenvalue weighted by atomic mass is 79.9. The molecule has 0 aliphatic rings. The molecule has 0 radical (unpaired) electrons. The Labute approximate surface area is 214 Å². The van der Waals surface area contributed by atoms with Crippen LogP contribution in [0.2, 0.25) is 0 Å². The molecule has 1 N–H and O–H groups in total. The molecule has 35 heavy (non-hydrogen) atoms. The number of carbonyl (C=O) groups excluding carboxylic acids is 1. The van der Waals surface area contributed by atoms with Crippen LogP contribution in [0.15, 0.2) is 76.3 Å². The zero-order valence-corrected chi connectivity index (χ0v) is 21.4. The van der Waals surface area contributed by atoms with Crippen molar-refractivity contribution in [1.82, 2.24) is 5.43 Å². The number of carbonyl (C=O) groups is 1. The van der Waals surface area contributed by atoms with Gasteiger partial charge in [-0.3, -0.25) is 4.79 Å². The van der Waals surface area contributed by atoms with Crippen LogP contribution in [0.25, 0.3) is 0 Å². The zero-order chi connectivity index (χ0) is 24.9. The van der Waals surface area contributed by atoms with E-state index in [4.69, 9.17) is 18.9 Å². The summed E-state index contributed by atoms with van der Waals surface area (Å²) in [4.78, 5) is 12.1. The Morgan fingerprint density at radius 2 is 1.66 bits per heavy atom. The highest BCUT2D eigenvalue weighted by molar-refractivity contribution is 9.10. The molecule has 0 spiro atoms. The average molecular weight is 541 g/mol. The van der Waals surface area contributed by atoms with Gasteiger partial charge in [-0.25, -0.2) is 5.43 Å². The maximum atomic E-state index is 12.1. The Morgan fingerprint density at radius 1 is 0.943 bits per heavy atom. The van der Waals surface area contributed by atoms with Gasteiger partial charge in [0.25, 0.3) is 5.91 Å². The van der Waals surface area contributed by atoms with Crippen LogP contribution >= 0.6 is 15.9 Å². The van der Waals surface area contributed by atoms with Crippen molar-refractivity contribution in [2.75, 3.05) is 33.0 Å². The van der Waals surface area contributed by atoms with E-state index in [-0.39, 0.29) is 5.91 Å². The molecular weight excluding hydrogens is 512 g/mol. The molecule has 0 aliphatic carbocycles. The number of hydrazone groups is 1. The second-order valence-corrected chi connectivity index (χ2v) is 8.30. The van der Waals surface area contributed by atoms with Crippen LogP contribution in [0, 0.1) is 6.92 Å². The largest absolute Gasteiger partial charge is 0.491 e. The standard InChI is InChI=1S/C27H29BrN2O5/c1-3-33-25-18-21(19-29-30-27(31)22-7-5-4-6-8-22)17-24(28)26(25)35-16-14-32-13-15-34-23-11-9-20(2)10-12-23/h4-12,17-19H,3,13-16H2,1-2H3,(H,30,31)/b29-19-. The number of benzene rings is 3. The Morgan fingerprint density at radius 3 is 2.37 bits per heavy atom. The summed E-state index contributed by atoms with van der Waals surface area (Å²) in [6.07, 6.45) is 1.55. The first-order chi connectivity index (χ1) is 17.1. The molecule has 0 aliphatic heterocycles. The Kier molecular flexibility index (Phi) is 10.6. The number of nitrogens with one attached hydrogen (secondary N) is 1. The smallest absolute Gasteiger partial charge is 0.271 e. The lowest BCUT2D eigenvalue weighted by Gasteiger charge is -2.15. The molecule has 0 fully saturated rings. The van der Waals surface area contributed by atoms with Gasteiger partial charge >= 0.3 is 0 Å². The van der Waals surface area contributed by atoms with Gasteiger partial charge in [0, 0.05) is 5.56 Å². The van der Waals surface area contributed by atoms with Crippen molar-refractivity contribution in [2.24, 2.45) is 5.10 Å². The van der Waals surface area contributed by atoms with E-state index in [1.165, 1.54) is 5.56 Å². The molecule has 0 atom stereocenters. The predicted octanol–water partition coefficient (Wildman–Crippen LogP) is 5.39. The van der Waals surface area contributed by atoms with Gasteiger partial charge in [0.05, 0.1) is 30.5 Å². The molecule has 0 saturated heterocycles. The number of aryl methyl sites for hydroxylation is 1. The van der Waals surface area contributed by atoms with E-state index in [0.29, 0.717) is 54.6 Å². The molecule has 1 amide bonds. The molecule has 7 nitrogen and oxygen atoms in total. The lowest BCUT2D eigenvalue weighted by atomic mass is 10.2. The van der Waals surface area contributed by atoms with Crippen molar-refractivity contribution in [3.8, 4) is 17.2 Å². The van der Waals surface area contributed by atoms with Crippen LogP contribution in [0.3, 0.4) is 0 Å². The third-order valence-electron chi connectivity index (χ3n) is 4.74. The number of ether oxygens (including phenoxy) is 4. The Balaban J connectivity index is 1.47. The Bertz CT molecular complexity index is 1100. The van der Waals surface area contributed by atoms with Gasteiger partial charge in [0.15, 0.2) is 11.5 Å². The molecule has 0 saturated carbocycles. The molecule has 0 bridgehead atoms. The van der Waals surface area contributed by atoms with Crippen LogP contribution in [-0.2, 0) is 4.74 Å². The minimum Gasteiger partial charge on any atom is -0.491 e. The van der Waals surface area contributed by atoms with E-state index < -0.39 is 0 Å². The molecule has 8 heteroatoms. The topological polar surface area (TPSA) is 78.4 Å². The third-order valence-corrected chi connectivity index (χ3v) is 5.33.